The lowest BCUT2D eigenvalue weighted by atomic mass is 10.0. The summed E-state index contributed by atoms with van der Waals surface area (Å²) in [5.41, 5.74) is 0.446. The Bertz CT molecular complexity index is 1230. The second-order valence-corrected chi connectivity index (χ2v) is 7.22. The number of amides is 2. The molecule has 3 aromatic carbocycles. The van der Waals surface area contributed by atoms with E-state index in [0.717, 1.165) is 17.0 Å². The highest BCUT2D eigenvalue weighted by atomic mass is 79.9. The highest BCUT2D eigenvalue weighted by molar-refractivity contribution is 9.10. The molecule has 0 atom stereocenters. The molecule has 4 rings (SSSR count). The molecule has 2 amide bonds. The van der Waals surface area contributed by atoms with Gasteiger partial charge in [0.05, 0.1) is 22.4 Å². The fourth-order valence-corrected chi connectivity index (χ4v) is 3.55. The average Bonchev–Trinajstić information content (AvgIpc) is 2.93. The fourth-order valence-electron chi connectivity index (χ4n) is 3.18. The summed E-state index contributed by atoms with van der Waals surface area (Å²) in [6.45, 7) is 0. The molecule has 5 nitrogen and oxygen atoms in total. The Hall–Kier alpha value is -3.39. The molecule has 8 heteroatoms. The van der Waals surface area contributed by atoms with Crippen LogP contribution in [0.15, 0.2) is 59.1 Å². The van der Waals surface area contributed by atoms with Crippen LogP contribution in [0.2, 0.25) is 0 Å². The first-order valence-corrected chi connectivity index (χ1v) is 9.08. The predicted octanol–water partition coefficient (Wildman–Crippen LogP) is 4.89. The standard InChI is InChI=1S/C21H10BrF2NO4/c22-12-3-5-13-15(9-12)20(27)25(19(13)26)18-8-11(1-4-14(18)21(28)29)10-2-6-16(23)17(24)7-10/h1-9H,(H,28,29). The topological polar surface area (TPSA) is 74.7 Å². The monoisotopic (exact) mass is 457 g/mol. The number of halogens is 3. The van der Waals surface area contributed by atoms with Crippen LogP contribution < -0.4 is 4.90 Å². The molecule has 0 aromatic heterocycles. The molecular weight excluding hydrogens is 448 g/mol. The van der Waals surface area contributed by atoms with E-state index in [1.807, 2.05) is 0 Å². The molecule has 1 aliphatic heterocycles. The van der Waals surface area contributed by atoms with Crippen molar-refractivity contribution in [1.29, 1.82) is 0 Å². The maximum Gasteiger partial charge on any atom is 0.337 e. The van der Waals surface area contributed by atoms with Gasteiger partial charge in [0.15, 0.2) is 11.6 Å². The van der Waals surface area contributed by atoms with Crippen LogP contribution in [-0.4, -0.2) is 22.9 Å². The molecular formula is C21H10BrF2NO4. The summed E-state index contributed by atoms with van der Waals surface area (Å²) in [5, 5.41) is 9.54. The van der Waals surface area contributed by atoms with Crippen molar-refractivity contribution >= 4 is 39.4 Å². The molecule has 1 heterocycles. The number of carboxylic acids is 1. The van der Waals surface area contributed by atoms with Crippen LogP contribution in [0.4, 0.5) is 14.5 Å². The summed E-state index contributed by atoms with van der Waals surface area (Å²) in [4.78, 5) is 38.2. The fraction of sp³-hybridized carbons (Fsp3) is 0. The number of hydrogen-bond acceptors (Lipinski definition) is 3. The van der Waals surface area contributed by atoms with Crippen molar-refractivity contribution in [2.45, 2.75) is 0 Å². The lowest BCUT2D eigenvalue weighted by Gasteiger charge is -2.18. The maximum atomic E-state index is 13.6. The van der Waals surface area contributed by atoms with E-state index < -0.39 is 29.4 Å². The highest BCUT2D eigenvalue weighted by Crippen LogP contribution is 2.35. The third kappa shape index (κ3) is 3.11. The Kier molecular flexibility index (Phi) is 4.50. The van der Waals surface area contributed by atoms with E-state index in [-0.39, 0.29) is 27.9 Å². The second-order valence-electron chi connectivity index (χ2n) is 6.30. The van der Waals surface area contributed by atoms with E-state index in [2.05, 4.69) is 15.9 Å². The summed E-state index contributed by atoms with van der Waals surface area (Å²) >= 11 is 3.24. The number of anilines is 1. The molecule has 0 unspecified atom stereocenters. The number of benzene rings is 3. The lowest BCUT2D eigenvalue weighted by Crippen LogP contribution is -2.31. The van der Waals surface area contributed by atoms with Gasteiger partial charge in [-0.2, -0.15) is 0 Å². The van der Waals surface area contributed by atoms with Crippen LogP contribution in [0, 0.1) is 11.6 Å². The first kappa shape index (κ1) is 18.9. The van der Waals surface area contributed by atoms with Gasteiger partial charge in [-0.15, -0.1) is 0 Å². The van der Waals surface area contributed by atoms with Crippen LogP contribution in [0.3, 0.4) is 0 Å². The van der Waals surface area contributed by atoms with Crippen molar-refractivity contribution in [2.24, 2.45) is 0 Å². The summed E-state index contributed by atoms with van der Waals surface area (Å²) in [7, 11) is 0. The molecule has 144 valence electrons. The molecule has 0 radical (unpaired) electrons. The van der Waals surface area contributed by atoms with Gasteiger partial charge in [0.1, 0.15) is 0 Å². The molecule has 3 aromatic rings. The van der Waals surface area contributed by atoms with Crippen molar-refractivity contribution in [1.82, 2.24) is 0 Å². The third-order valence-corrected chi connectivity index (χ3v) is 5.06. The minimum atomic E-state index is -1.34. The van der Waals surface area contributed by atoms with Crippen molar-refractivity contribution in [3.8, 4) is 11.1 Å². The molecule has 29 heavy (non-hydrogen) atoms. The summed E-state index contributed by atoms with van der Waals surface area (Å²) in [6.07, 6.45) is 0. The Morgan fingerprint density at radius 2 is 1.48 bits per heavy atom. The van der Waals surface area contributed by atoms with Gasteiger partial charge in [-0.3, -0.25) is 9.59 Å². The molecule has 0 aliphatic carbocycles. The van der Waals surface area contributed by atoms with Gasteiger partial charge >= 0.3 is 5.97 Å². The zero-order valence-corrected chi connectivity index (χ0v) is 16.0. The van der Waals surface area contributed by atoms with E-state index in [4.69, 9.17) is 0 Å². The van der Waals surface area contributed by atoms with Crippen LogP contribution in [0.1, 0.15) is 31.1 Å². The number of carbonyl (C=O) groups is 3. The maximum absolute atomic E-state index is 13.6. The van der Waals surface area contributed by atoms with Gasteiger partial charge in [-0.05, 0) is 53.6 Å². The van der Waals surface area contributed by atoms with Crippen LogP contribution in [-0.2, 0) is 0 Å². The lowest BCUT2D eigenvalue weighted by molar-refractivity contribution is 0.0698. The van der Waals surface area contributed by atoms with E-state index in [1.165, 1.54) is 36.4 Å². The Balaban J connectivity index is 1.88. The number of hydrogen-bond donors (Lipinski definition) is 1. The second kappa shape index (κ2) is 6.89. The van der Waals surface area contributed by atoms with Gasteiger partial charge in [0.25, 0.3) is 11.8 Å². The van der Waals surface area contributed by atoms with Gasteiger partial charge < -0.3 is 5.11 Å². The summed E-state index contributed by atoms with van der Waals surface area (Å²) in [5.74, 6) is -4.77. The quantitative estimate of drug-likeness (QED) is 0.568. The Morgan fingerprint density at radius 3 is 2.17 bits per heavy atom. The number of aromatic carboxylic acids is 1. The van der Waals surface area contributed by atoms with Crippen molar-refractivity contribution < 1.29 is 28.3 Å². The highest BCUT2D eigenvalue weighted by Gasteiger charge is 2.38. The van der Waals surface area contributed by atoms with Crippen LogP contribution >= 0.6 is 15.9 Å². The van der Waals surface area contributed by atoms with Gasteiger partial charge in [0, 0.05) is 4.47 Å². The van der Waals surface area contributed by atoms with Gasteiger partial charge in [-0.25, -0.2) is 18.5 Å². The van der Waals surface area contributed by atoms with Crippen molar-refractivity contribution in [3.05, 3.63) is 87.4 Å². The summed E-state index contributed by atoms with van der Waals surface area (Å²) < 4.78 is 27.5. The molecule has 0 saturated carbocycles. The minimum Gasteiger partial charge on any atom is -0.478 e. The van der Waals surface area contributed by atoms with Gasteiger partial charge in [0.2, 0.25) is 0 Å². The smallest absolute Gasteiger partial charge is 0.337 e. The Labute approximate surface area is 171 Å². The van der Waals surface area contributed by atoms with Crippen LogP contribution in [0.25, 0.3) is 11.1 Å². The number of nitrogens with zero attached hydrogens (tertiary/aromatic N) is 1. The van der Waals surface area contributed by atoms with Crippen molar-refractivity contribution in [2.75, 3.05) is 4.90 Å². The average molecular weight is 458 g/mol. The van der Waals surface area contributed by atoms with E-state index >= 15 is 0 Å². The number of rotatable bonds is 3. The largest absolute Gasteiger partial charge is 0.478 e. The molecule has 1 N–H and O–H groups in total. The molecule has 0 spiro atoms. The zero-order chi connectivity index (χ0) is 20.9. The number of imide groups is 1. The normalized spacial score (nSPS) is 13.0. The predicted molar refractivity (Wildman–Crippen MR) is 104 cm³/mol. The van der Waals surface area contributed by atoms with Crippen LogP contribution in [0.5, 0.6) is 0 Å². The van der Waals surface area contributed by atoms with E-state index in [9.17, 15) is 28.3 Å². The zero-order valence-electron chi connectivity index (χ0n) is 14.4. The minimum absolute atomic E-state index is 0.138. The SMILES string of the molecule is O=C(O)c1ccc(-c2ccc(F)c(F)c2)cc1N1C(=O)c2ccc(Br)cc2C1=O. The Morgan fingerprint density at radius 1 is 0.828 bits per heavy atom. The molecule has 0 saturated heterocycles. The van der Waals surface area contributed by atoms with E-state index in [0.29, 0.717) is 10.0 Å². The first-order valence-electron chi connectivity index (χ1n) is 8.29. The summed E-state index contributed by atoms with van der Waals surface area (Å²) in [6, 6.07) is 11.7. The number of carbonyl (C=O) groups excluding carboxylic acids is 2. The van der Waals surface area contributed by atoms with Gasteiger partial charge in [-0.1, -0.05) is 28.1 Å². The number of carboxylic acid groups (broad SMARTS) is 1. The molecule has 0 fully saturated rings. The molecule has 1 aliphatic rings. The third-order valence-electron chi connectivity index (χ3n) is 4.57. The number of fused-ring (bicyclic) bond motifs is 1. The molecule has 0 bridgehead atoms. The van der Waals surface area contributed by atoms with E-state index in [1.54, 1.807) is 6.07 Å². The van der Waals surface area contributed by atoms with Crippen molar-refractivity contribution in [3.63, 3.8) is 0 Å². The first-order chi connectivity index (χ1) is 13.8.